The van der Waals surface area contributed by atoms with E-state index in [0.29, 0.717) is 10.2 Å². The van der Waals surface area contributed by atoms with Crippen LogP contribution in [0.25, 0.3) is 10.8 Å². The van der Waals surface area contributed by atoms with Crippen LogP contribution in [-0.4, -0.2) is 28.3 Å². The predicted octanol–water partition coefficient (Wildman–Crippen LogP) is 5.46. The molecule has 0 spiro atoms. The summed E-state index contributed by atoms with van der Waals surface area (Å²) < 4.78 is 6.03. The van der Waals surface area contributed by atoms with Gasteiger partial charge in [0.2, 0.25) is 0 Å². The third kappa shape index (κ3) is 3.14. The minimum atomic E-state index is 0.672. The second-order valence-electron chi connectivity index (χ2n) is 6.54. The van der Waals surface area contributed by atoms with E-state index in [2.05, 4.69) is 55.6 Å². The second kappa shape index (κ2) is 6.42. The summed E-state index contributed by atoms with van der Waals surface area (Å²) in [5.41, 5.74) is 2.74. The fourth-order valence-electron chi connectivity index (χ4n) is 2.71. The SMILES string of the molecule is COc1ccccc1N=Nc1c([N+](C)(C)C)ccc2ccccc12. The van der Waals surface area contributed by atoms with Crippen LogP contribution in [-0.2, 0) is 0 Å². The van der Waals surface area contributed by atoms with Crippen LogP contribution in [0.1, 0.15) is 0 Å². The highest BCUT2D eigenvalue weighted by Gasteiger charge is 2.20. The number of benzene rings is 3. The van der Waals surface area contributed by atoms with Gasteiger partial charge in [0.15, 0.2) is 11.4 Å². The number of hydrogen-bond acceptors (Lipinski definition) is 3. The van der Waals surface area contributed by atoms with Gasteiger partial charge in [-0.1, -0.05) is 36.4 Å². The number of para-hydroxylation sites is 1. The molecule has 0 saturated carbocycles. The van der Waals surface area contributed by atoms with Crippen molar-refractivity contribution in [3.63, 3.8) is 0 Å². The van der Waals surface area contributed by atoms with E-state index in [1.54, 1.807) is 7.11 Å². The third-order valence-corrected chi connectivity index (χ3v) is 3.94. The molecule has 3 aromatic rings. The molecular weight excluding hydrogens is 298 g/mol. The van der Waals surface area contributed by atoms with Crippen molar-refractivity contribution >= 4 is 27.8 Å². The van der Waals surface area contributed by atoms with E-state index in [0.717, 1.165) is 27.8 Å². The normalized spacial score (nSPS) is 12.0. The first-order valence-corrected chi connectivity index (χ1v) is 7.89. The number of azo groups is 1. The molecule has 4 nitrogen and oxygen atoms in total. The summed E-state index contributed by atoms with van der Waals surface area (Å²) in [5, 5.41) is 11.3. The molecule has 3 rings (SSSR count). The van der Waals surface area contributed by atoms with Crippen LogP contribution < -0.4 is 9.22 Å². The molecule has 4 heteroatoms. The highest BCUT2D eigenvalue weighted by Crippen LogP contribution is 2.39. The van der Waals surface area contributed by atoms with Crippen molar-refractivity contribution in [2.45, 2.75) is 0 Å². The van der Waals surface area contributed by atoms with Crippen LogP contribution >= 0.6 is 0 Å². The standard InChI is InChI=1S/C20H22N3O/c1-23(2,3)18-14-13-15-9-5-6-10-16(15)20(18)22-21-17-11-7-8-12-19(17)24-4/h5-14H,1-4H3/q+1. The van der Waals surface area contributed by atoms with Crippen molar-refractivity contribution in [2.75, 3.05) is 28.3 Å². The van der Waals surface area contributed by atoms with Crippen molar-refractivity contribution in [3.8, 4) is 5.75 Å². The molecule has 0 unspecified atom stereocenters. The molecule has 0 aliphatic rings. The summed E-state index contributed by atoms with van der Waals surface area (Å²) in [6.07, 6.45) is 0. The van der Waals surface area contributed by atoms with Gasteiger partial charge in [-0.05, 0) is 23.6 Å². The van der Waals surface area contributed by atoms with Crippen LogP contribution in [0.3, 0.4) is 0 Å². The number of ether oxygens (including phenoxy) is 1. The van der Waals surface area contributed by atoms with Crippen LogP contribution in [0.4, 0.5) is 17.1 Å². The lowest BCUT2D eigenvalue weighted by molar-refractivity contribution is 0.416. The average Bonchev–Trinajstić information content (AvgIpc) is 2.58. The summed E-state index contributed by atoms with van der Waals surface area (Å²) in [5.74, 6) is 0.716. The van der Waals surface area contributed by atoms with E-state index in [4.69, 9.17) is 4.74 Å². The van der Waals surface area contributed by atoms with Crippen molar-refractivity contribution in [1.82, 2.24) is 4.48 Å². The summed E-state index contributed by atoms with van der Waals surface area (Å²) in [6, 6.07) is 20.2. The largest absolute Gasteiger partial charge is 0.494 e. The summed E-state index contributed by atoms with van der Waals surface area (Å²) >= 11 is 0. The number of nitrogens with zero attached hydrogens (tertiary/aromatic N) is 3. The molecule has 0 aromatic heterocycles. The lowest BCUT2D eigenvalue weighted by Crippen LogP contribution is -2.34. The van der Waals surface area contributed by atoms with E-state index in [9.17, 15) is 0 Å². The number of hydrogen-bond donors (Lipinski definition) is 0. The highest BCUT2D eigenvalue weighted by atomic mass is 16.5. The number of fused-ring (bicyclic) bond motifs is 1. The van der Waals surface area contributed by atoms with Crippen molar-refractivity contribution < 1.29 is 4.74 Å². The van der Waals surface area contributed by atoms with Gasteiger partial charge in [-0.25, -0.2) is 0 Å². The molecule has 0 fully saturated rings. The maximum absolute atomic E-state index is 5.36. The van der Waals surface area contributed by atoms with Gasteiger partial charge in [0.1, 0.15) is 11.4 Å². The molecule has 0 N–H and O–H groups in total. The van der Waals surface area contributed by atoms with E-state index in [1.807, 2.05) is 36.4 Å². The fraction of sp³-hybridized carbons (Fsp3) is 0.200. The fourth-order valence-corrected chi connectivity index (χ4v) is 2.71. The first-order valence-electron chi connectivity index (χ1n) is 7.89. The molecule has 0 radical (unpaired) electrons. The highest BCUT2D eigenvalue weighted by molar-refractivity contribution is 5.98. The van der Waals surface area contributed by atoms with Crippen LogP contribution in [0.15, 0.2) is 70.9 Å². The van der Waals surface area contributed by atoms with Crippen molar-refractivity contribution in [1.29, 1.82) is 0 Å². The Balaban J connectivity index is 2.18. The van der Waals surface area contributed by atoms with Gasteiger partial charge in [-0.2, -0.15) is 0 Å². The Morgan fingerprint density at radius 3 is 2.25 bits per heavy atom. The Labute approximate surface area is 142 Å². The monoisotopic (exact) mass is 320 g/mol. The second-order valence-corrected chi connectivity index (χ2v) is 6.54. The van der Waals surface area contributed by atoms with Crippen molar-refractivity contribution in [2.24, 2.45) is 10.2 Å². The quantitative estimate of drug-likeness (QED) is 0.464. The molecule has 0 amide bonds. The maximum Gasteiger partial charge on any atom is 0.160 e. The Morgan fingerprint density at radius 1 is 0.792 bits per heavy atom. The molecule has 0 heterocycles. The van der Waals surface area contributed by atoms with Gasteiger partial charge in [-0.15, -0.1) is 10.2 Å². The zero-order valence-corrected chi connectivity index (χ0v) is 14.5. The van der Waals surface area contributed by atoms with Gasteiger partial charge >= 0.3 is 0 Å². The Hall–Kier alpha value is -2.72. The topological polar surface area (TPSA) is 34.0 Å². The number of methoxy groups -OCH3 is 1. The lowest BCUT2D eigenvalue weighted by Gasteiger charge is -2.25. The molecule has 0 atom stereocenters. The summed E-state index contributed by atoms with van der Waals surface area (Å²) in [6.45, 7) is 0. The zero-order chi connectivity index (χ0) is 17.2. The first kappa shape index (κ1) is 16.1. The van der Waals surface area contributed by atoms with Crippen LogP contribution in [0.2, 0.25) is 0 Å². The minimum absolute atomic E-state index is 0.672. The molecular formula is C20H22N3O+. The van der Waals surface area contributed by atoms with E-state index in [-0.39, 0.29) is 0 Å². The zero-order valence-electron chi connectivity index (χ0n) is 14.5. The van der Waals surface area contributed by atoms with Crippen molar-refractivity contribution in [3.05, 3.63) is 60.7 Å². The van der Waals surface area contributed by atoms with E-state index >= 15 is 0 Å². The van der Waals surface area contributed by atoms with Gasteiger partial charge in [0, 0.05) is 11.5 Å². The predicted molar refractivity (Wildman–Crippen MR) is 101 cm³/mol. The third-order valence-electron chi connectivity index (χ3n) is 3.94. The molecule has 0 bridgehead atoms. The molecule has 122 valence electrons. The Kier molecular flexibility index (Phi) is 4.32. The number of rotatable bonds is 4. The van der Waals surface area contributed by atoms with Crippen LogP contribution in [0, 0.1) is 0 Å². The molecule has 3 aromatic carbocycles. The van der Waals surface area contributed by atoms with Gasteiger partial charge in [-0.3, -0.25) is 4.48 Å². The molecule has 0 aliphatic carbocycles. The van der Waals surface area contributed by atoms with Gasteiger partial charge in [0.05, 0.1) is 28.3 Å². The van der Waals surface area contributed by atoms with Crippen LogP contribution in [0.5, 0.6) is 5.75 Å². The minimum Gasteiger partial charge on any atom is -0.494 e. The Bertz CT molecular complexity index is 895. The van der Waals surface area contributed by atoms with E-state index in [1.165, 1.54) is 0 Å². The van der Waals surface area contributed by atoms with Gasteiger partial charge in [0.25, 0.3) is 0 Å². The molecule has 0 aliphatic heterocycles. The smallest absolute Gasteiger partial charge is 0.160 e. The Morgan fingerprint density at radius 2 is 1.50 bits per heavy atom. The summed E-state index contributed by atoms with van der Waals surface area (Å²) in [7, 11) is 8.04. The lowest BCUT2D eigenvalue weighted by atomic mass is 10.1. The summed E-state index contributed by atoms with van der Waals surface area (Å²) in [4.78, 5) is 0. The van der Waals surface area contributed by atoms with Gasteiger partial charge < -0.3 is 4.74 Å². The number of quaternary nitrogens is 1. The molecule has 0 saturated heterocycles. The molecule has 24 heavy (non-hydrogen) atoms. The maximum atomic E-state index is 5.36. The van der Waals surface area contributed by atoms with E-state index < -0.39 is 0 Å². The first-order chi connectivity index (χ1) is 11.5. The average molecular weight is 320 g/mol.